The number of para-hydroxylation sites is 1. The van der Waals surface area contributed by atoms with Crippen LogP contribution in [0.15, 0.2) is 24.3 Å². The minimum Gasteiger partial charge on any atom is -0.492 e. The predicted molar refractivity (Wildman–Crippen MR) is 79.4 cm³/mol. The highest BCUT2D eigenvalue weighted by Gasteiger charge is 2.30. The third kappa shape index (κ3) is 3.21. The third-order valence-electron chi connectivity index (χ3n) is 3.10. The Labute approximate surface area is 114 Å². The number of thioether (sulfide) groups is 1. The van der Waals surface area contributed by atoms with Crippen molar-refractivity contribution < 1.29 is 4.74 Å². The van der Waals surface area contributed by atoms with Gasteiger partial charge in [-0.2, -0.15) is 11.8 Å². The molecule has 0 fully saturated rings. The van der Waals surface area contributed by atoms with Crippen LogP contribution in [0.5, 0.6) is 5.75 Å². The summed E-state index contributed by atoms with van der Waals surface area (Å²) in [5.74, 6) is 2.97. The second kappa shape index (κ2) is 6.48. The van der Waals surface area contributed by atoms with E-state index in [9.17, 15) is 0 Å². The van der Waals surface area contributed by atoms with Gasteiger partial charge in [-0.05, 0) is 24.3 Å². The number of ether oxygens (including phenoxy) is 1. The average molecular weight is 265 g/mol. The summed E-state index contributed by atoms with van der Waals surface area (Å²) in [6.07, 6.45) is 0. The van der Waals surface area contributed by atoms with Crippen molar-refractivity contribution in [1.82, 2.24) is 5.32 Å². The number of rotatable bonds is 5. The molecule has 100 valence electrons. The van der Waals surface area contributed by atoms with Gasteiger partial charge >= 0.3 is 0 Å². The maximum absolute atomic E-state index is 5.88. The molecule has 0 saturated carbocycles. The van der Waals surface area contributed by atoms with Crippen LogP contribution in [0.4, 0.5) is 0 Å². The van der Waals surface area contributed by atoms with Crippen molar-refractivity contribution >= 4 is 11.8 Å². The second-order valence-corrected chi connectivity index (χ2v) is 6.42. The van der Waals surface area contributed by atoms with Crippen LogP contribution >= 0.6 is 11.8 Å². The largest absolute Gasteiger partial charge is 0.492 e. The molecule has 1 aromatic carbocycles. The van der Waals surface area contributed by atoms with Gasteiger partial charge in [0, 0.05) is 5.56 Å². The van der Waals surface area contributed by atoms with E-state index in [1.807, 2.05) is 17.8 Å². The summed E-state index contributed by atoms with van der Waals surface area (Å²) in [5.41, 5.74) is 1.31. The summed E-state index contributed by atoms with van der Waals surface area (Å²) in [7, 11) is 0. The molecule has 0 aliphatic carbocycles. The van der Waals surface area contributed by atoms with Gasteiger partial charge in [-0.3, -0.25) is 0 Å². The lowest BCUT2D eigenvalue weighted by molar-refractivity contribution is 0.261. The Kier molecular flexibility index (Phi) is 4.95. The van der Waals surface area contributed by atoms with Gasteiger partial charge in [0.2, 0.25) is 0 Å². The van der Waals surface area contributed by atoms with Crippen LogP contribution in [0.2, 0.25) is 0 Å². The molecule has 18 heavy (non-hydrogen) atoms. The quantitative estimate of drug-likeness (QED) is 0.880. The first-order valence-corrected chi connectivity index (χ1v) is 7.84. The minimum absolute atomic E-state index is 0.420. The van der Waals surface area contributed by atoms with E-state index in [1.54, 1.807) is 0 Å². The maximum atomic E-state index is 5.88. The Morgan fingerprint density at radius 3 is 2.89 bits per heavy atom. The molecule has 0 radical (unpaired) electrons. The van der Waals surface area contributed by atoms with Gasteiger partial charge in [-0.1, -0.05) is 39.0 Å². The highest BCUT2D eigenvalue weighted by Crippen LogP contribution is 2.37. The topological polar surface area (TPSA) is 21.3 Å². The Bertz CT molecular complexity index is 381. The van der Waals surface area contributed by atoms with Crippen LogP contribution < -0.4 is 10.1 Å². The molecule has 1 aromatic rings. The molecule has 0 aromatic heterocycles. The molecule has 0 amide bonds. The van der Waals surface area contributed by atoms with Crippen molar-refractivity contribution in [3.8, 4) is 5.75 Å². The molecule has 0 saturated heterocycles. The number of hydrogen-bond donors (Lipinski definition) is 1. The Balaban J connectivity index is 2.13. The van der Waals surface area contributed by atoms with Crippen molar-refractivity contribution in [3.05, 3.63) is 29.8 Å². The lowest BCUT2D eigenvalue weighted by atomic mass is 10.0. The molecular weight excluding hydrogens is 242 g/mol. The summed E-state index contributed by atoms with van der Waals surface area (Å²) in [6.45, 7) is 8.52. The van der Waals surface area contributed by atoms with E-state index in [0.717, 1.165) is 24.8 Å². The van der Waals surface area contributed by atoms with Gasteiger partial charge in [0.05, 0.1) is 11.3 Å². The van der Waals surface area contributed by atoms with Gasteiger partial charge in [0.15, 0.2) is 0 Å². The minimum atomic E-state index is 0.420. The first kappa shape index (κ1) is 13.8. The molecule has 0 bridgehead atoms. The molecule has 3 heteroatoms. The van der Waals surface area contributed by atoms with Crippen molar-refractivity contribution in [1.29, 1.82) is 0 Å². The van der Waals surface area contributed by atoms with E-state index >= 15 is 0 Å². The van der Waals surface area contributed by atoms with E-state index in [2.05, 4.69) is 44.3 Å². The maximum Gasteiger partial charge on any atom is 0.124 e. The normalized spacial score (nSPS) is 22.7. The standard InChI is InChI=1S/C15H23NOS/c1-4-16-15-12-7-5-6-8-13(12)17-9-14(15)18-10-11(2)3/h5-8,11,14-16H,4,9-10H2,1-3H3. The van der Waals surface area contributed by atoms with E-state index in [1.165, 1.54) is 11.3 Å². The van der Waals surface area contributed by atoms with Crippen LogP contribution in [-0.4, -0.2) is 24.2 Å². The van der Waals surface area contributed by atoms with E-state index in [4.69, 9.17) is 4.74 Å². The summed E-state index contributed by atoms with van der Waals surface area (Å²) in [4.78, 5) is 0. The first-order valence-electron chi connectivity index (χ1n) is 6.79. The Hall–Kier alpha value is -0.670. The van der Waals surface area contributed by atoms with Crippen molar-refractivity contribution in [2.24, 2.45) is 5.92 Å². The lowest BCUT2D eigenvalue weighted by Crippen LogP contribution is -2.37. The van der Waals surface area contributed by atoms with E-state index < -0.39 is 0 Å². The summed E-state index contributed by atoms with van der Waals surface area (Å²) < 4.78 is 5.88. The fourth-order valence-electron chi connectivity index (χ4n) is 2.26. The predicted octanol–water partition coefficient (Wildman–Crippen LogP) is 3.49. The molecule has 1 aliphatic heterocycles. The highest BCUT2D eigenvalue weighted by molar-refractivity contribution is 8.00. The number of hydrogen-bond acceptors (Lipinski definition) is 3. The Morgan fingerprint density at radius 2 is 2.17 bits per heavy atom. The van der Waals surface area contributed by atoms with Gasteiger partial charge < -0.3 is 10.1 Å². The smallest absolute Gasteiger partial charge is 0.124 e. The number of benzene rings is 1. The molecule has 2 rings (SSSR count). The average Bonchev–Trinajstić information content (AvgIpc) is 2.38. The van der Waals surface area contributed by atoms with E-state index in [-0.39, 0.29) is 0 Å². The molecule has 0 spiro atoms. The van der Waals surface area contributed by atoms with Gasteiger partial charge in [0.1, 0.15) is 12.4 Å². The van der Waals surface area contributed by atoms with Crippen LogP contribution in [-0.2, 0) is 0 Å². The van der Waals surface area contributed by atoms with Crippen LogP contribution in [0, 0.1) is 5.92 Å². The van der Waals surface area contributed by atoms with Crippen LogP contribution in [0.3, 0.4) is 0 Å². The van der Waals surface area contributed by atoms with E-state index in [0.29, 0.717) is 11.3 Å². The summed E-state index contributed by atoms with van der Waals surface area (Å²) in [6, 6.07) is 8.82. The van der Waals surface area contributed by atoms with Crippen molar-refractivity contribution in [2.75, 3.05) is 18.9 Å². The monoisotopic (exact) mass is 265 g/mol. The van der Waals surface area contributed by atoms with Gasteiger partial charge in [-0.15, -0.1) is 0 Å². The fourth-order valence-corrected chi connectivity index (χ4v) is 3.49. The molecule has 2 unspecified atom stereocenters. The SMILES string of the molecule is CCNC1c2ccccc2OCC1SCC(C)C. The van der Waals surface area contributed by atoms with Gasteiger partial charge in [-0.25, -0.2) is 0 Å². The van der Waals surface area contributed by atoms with Gasteiger partial charge in [0.25, 0.3) is 0 Å². The number of nitrogens with one attached hydrogen (secondary N) is 1. The molecule has 2 nitrogen and oxygen atoms in total. The highest BCUT2D eigenvalue weighted by atomic mass is 32.2. The second-order valence-electron chi connectivity index (χ2n) is 5.15. The molecule has 1 heterocycles. The zero-order valence-electron chi connectivity index (χ0n) is 11.5. The number of fused-ring (bicyclic) bond motifs is 1. The molecule has 2 atom stereocenters. The summed E-state index contributed by atoms with van der Waals surface area (Å²) >= 11 is 2.03. The van der Waals surface area contributed by atoms with Crippen LogP contribution in [0.1, 0.15) is 32.4 Å². The molecular formula is C15H23NOS. The third-order valence-corrected chi connectivity index (χ3v) is 4.79. The molecule has 1 N–H and O–H groups in total. The first-order chi connectivity index (χ1) is 8.72. The van der Waals surface area contributed by atoms with Crippen molar-refractivity contribution in [3.63, 3.8) is 0 Å². The zero-order chi connectivity index (χ0) is 13.0. The Morgan fingerprint density at radius 1 is 1.39 bits per heavy atom. The van der Waals surface area contributed by atoms with Crippen molar-refractivity contribution in [2.45, 2.75) is 32.1 Å². The zero-order valence-corrected chi connectivity index (χ0v) is 12.3. The summed E-state index contributed by atoms with van der Waals surface area (Å²) in [5, 5.41) is 4.13. The molecule has 1 aliphatic rings. The fraction of sp³-hybridized carbons (Fsp3) is 0.600. The lowest BCUT2D eigenvalue weighted by Gasteiger charge is -2.34. The van der Waals surface area contributed by atoms with Crippen LogP contribution in [0.25, 0.3) is 0 Å².